The lowest BCUT2D eigenvalue weighted by Crippen LogP contribution is -2.32. The molecule has 0 saturated carbocycles. The van der Waals surface area contributed by atoms with Crippen molar-refractivity contribution < 1.29 is 21.2 Å². The van der Waals surface area contributed by atoms with E-state index in [1.807, 2.05) is 0 Å². The second kappa shape index (κ2) is 10.2. The highest BCUT2D eigenvalue weighted by Gasteiger charge is 2.27. The van der Waals surface area contributed by atoms with E-state index in [2.05, 4.69) is 6.08 Å². The summed E-state index contributed by atoms with van der Waals surface area (Å²) in [5.74, 6) is -0.461. The molecule has 0 bridgehead atoms. The van der Waals surface area contributed by atoms with Crippen LogP contribution in [0.15, 0.2) is 70.0 Å². The van der Waals surface area contributed by atoms with Gasteiger partial charge in [-0.15, -0.1) is 0 Å². The Hall–Kier alpha value is -2.07. The molecule has 9 heteroatoms. The number of rotatable bonds is 9. The molecule has 0 spiro atoms. The standard InChI is InChI=1S/C23H29FN2O4S2/c1-25(2)31(27,28)21-12-14-22(15-13-21)32(29,30)26(17-16-19-8-4-3-5-9-19)18-20-10-6-7-11-23(20)24/h6-8,10-15H,3-5,9,16-18H2,1-2H3. The Bertz CT molecular complexity index is 1170. The summed E-state index contributed by atoms with van der Waals surface area (Å²) in [4.78, 5) is -0.0152. The molecule has 0 heterocycles. The second-order valence-electron chi connectivity index (χ2n) is 8.05. The van der Waals surface area contributed by atoms with Gasteiger partial charge in [-0.2, -0.15) is 4.31 Å². The Morgan fingerprint density at radius 3 is 2.06 bits per heavy atom. The van der Waals surface area contributed by atoms with E-state index in [9.17, 15) is 21.2 Å². The average molecular weight is 481 g/mol. The first-order valence-corrected chi connectivity index (χ1v) is 13.4. The van der Waals surface area contributed by atoms with E-state index in [-0.39, 0.29) is 22.9 Å². The van der Waals surface area contributed by atoms with Gasteiger partial charge in [-0.25, -0.2) is 25.5 Å². The van der Waals surface area contributed by atoms with Crippen LogP contribution in [0.25, 0.3) is 0 Å². The monoisotopic (exact) mass is 480 g/mol. The Morgan fingerprint density at radius 2 is 1.50 bits per heavy atom. The van der Waals surface area contributed by atoms with E-state index >= 15 is 0 Å². The van der Waals surface area contributed by atoms with Gasteiger partial charge in [-0.3, -0.25) is 0 Å². The third-order valence-corrected chi connectivity index (χ3v) is 9.30. The topological polar surface area (TPSA) is 74.8 Å². The minimum absolute atomic E-state index is 0.00876. The zero-order valence-electron chi connectivity index (χ0n) is 18.4. The number of hydrogen-bond acceptors (Lipinski definition) is 4. The fourth-order valence-corrected chi connectivity index (χ4v) is 5.96. The molecule has 0 N–H and O–H groups in total. The average Bonchev–Trinajstić information content (AvgIpc) is 2.78. The smallest absolute Gasteiger partial charge is 0.207 e. The third kappa shape index (κ3) is 5.64. The molecule has 0 aromatic heterocycles. The summed E-state index contributed by atoms with van der Waals surface area (Å²) in [6, 6.07) is 11.3. The summed E-state index contributed by atoms with van der Waals surface area (Å²) in [6.07, 6.45) is 6.93. The van der Waals surface area contributed by atoms with Crippen LogP contribution in [-0.4, -0.2) is 46.1 Å². The largest absolute Gasteiger partial charge is 0.243 e. The van der Waals surface area contributed by atoms with Crippen LogP contribution in [0.3, 0.4) is 0 Å². The lowest BCUT2D eigenvalue weighted by atomic mass is 9.97. The van der Waals surface area contributed by atoms with Crippen molar-refractivity contribution in [2.24, 2.45) is 0 Å². The van der Waals surface area contributed by atoms with E-state index in [4.69, 9.17) is 0 Å². The van der Waals surface area contributed by atoms with Crippen LogP contribution in [-0.2, 0) is 26.6 Å². The summed E-state index contributed by atoms with van der Waals surface area (Å²) in [7, 11) is -4.81. The molecule has 0 unspecified atom stereocenters. The highest BCUT2D eigenvalue weighted by Crippen LogP contribution is 2.25. The maximum atomic E-state index is 14.3. The van der Waals surface area contributed by atoms with Gasteiger partial charge in [0.15, 0.2) is 0 Å². The summed E-state index contributed by atoms with van der Waals surface area (Å²) in [5.41, 5.74) is 1.51. The van der Waals surface area contributed by atoms with Crippen molar-refractivity contribution >= 4 is 20.0 Å². The van der Waals surface area contributed by atoms with Crippen molar-refractivity contribution in [3.05, 3.63) is 71.6 Å². The van der Waals surface area contributed by atoms with Gasteiger partial charge in [0, 0.05) is 32.7 Å². The normalized spacial score (nSPS) is 15.2. The van der Waals surface area contributed by atoms with E-state index in [0.717, 1.165) is 30.0 Å². The lowest BCUT2D eigenvalue weighted by molar-refractivity contribution is 0.399. The van der Waals surface area contributed by atoms with Crippen LogP contribution < -0.4 is 0 Å². The van der Waals surface area contributed by atoms with Crippen molar-refractivity contribution in [3.63, 3.8) is 0 Å². The first-order chi connectivity index (χ1) is 15.1. The van der Waals surface area contributed by atoms with Crippen molar-refractivity contribution in [1.82, 2.24) is 8.61 Å². The first-order valence-electron chi connectivity index (χ1n) is 10.6. The predicted molar refractivity (Wildman–Crippen MR) is 122 cm³/mol. The lowest BCUT2D eigenvalue weighted by Gasteiger charge is -2.24. The molecule has 1 aliphatic carbocycles. The van der Waals surface area contributed by atoms with Gasteiger partial charge in [0.2, 0.25) is 20.0 Å². The first kappa shape index (κ1) is 24.6. The predicted octanol–water partition coefficient (Wildman–Crippen LogP) is 4.16. The molecule has 0 radical (unpaired) electrons. The molecule has 32 heavy (non-hydrogen) atoms. The molecule has 0 saturated heterocycles. The van der Waals surface area contributed by atoms with Crippen molar-refractivity contribution in [2.45, 2.75) is 48.4 Å². The SMILES string of the molecule is CN(C)S(=O)(=O)c1ccc(S(=O)(=O)N(CCC2=CCCCC2)Cc2ccccc2F)cc1. The number of sulfonamides is 2. The van der Waals surface area contributed by atoms with Crippen LogP contribution in [0.5, 0.6) is 0 Å². The highest BCUT2D eigenvalue weighted by atomic mass is 32.2. The molecule has 174 valence electrons. The summed E-state index contributed by atoms with van der Waals surface area (Å²) in [6.45, 7) is 0.125. The number of allylic oxidation sites excluding steroid dienone is 1. The molecule has 0 atom stereocenters. The zero-order valence-corrected chi connectivity index (χ0v) is 20.0. The Kier molecular flexibility index (Phi) is 7.87. The van der Waals surface area contributed by atoms with Crippen LogP contribution in [0.2, 0.25) is 0 Å². The highest BCUT2D eigenvalue weighted by molar-refractivity contribution is 7.89. The van der Waals surface area contributed by atoms with E-state index in [1.54, 1.807) is 18.2 Å². The molecule has 3 rings (SSSR count). The van der Waals surface area contributed by atoms with Crippen molar-refractivity contribution in [3.8, 4) is 0 Å². The van der Waals surface area contributed by atoms with Gasteiger partial charge in [0.25, 0.3) is 0 Å². The van der Waals surface area contributed by atoms with Gasteiger partial charge in [-0.05, 0) is 62.4 Å². The molecule has 1 aliphatic rings. The van der Waals surface area contributed by atoms with Crippen molar-refractivity contribution in [1.29, 1.82) is 0 Å². The van der Waals surface area contributed by atoms with Crippen LogP contribution in [0.4, 0.5) is 4.39 Å². The fraction of sp³-hybridized carbons (Fsp3) is 0.391. The van der Waals surface area contributed by atoms with Crippen LogP contribution in [0.1, 0.15) is 37.7 Å². The summed E-state index contributed by atoms with van der Waals surface area (Å²) in [5, 5.41) is 0. The molecule has 2 aromatic rings. The van der Waals surface area contributed by atoms with Gasteiger partial charge in [0.1, 0.15) is 5.82 Å². The molecular weight excluding hydrogens is 451 g/mol. The van der Waals surface area contributed by atoms with Gasteiger partial charge >= 0.3 is 0 Å². The number of nitrogens with zero attached hydrogens (tertiary/aromatic N) is 2. The fourth-order valence-electron chi connectivity index (χ4n) is 3.64. The zero-order chi connectivity index (χ0) is 23.4. The number of hydrogen-bond donors (Lipinski definition) is 0. The Morgan fingerprint density at radius 1 is 0.875 bits per heavy atom. The molecular formula is C23H29FN2O4S2. The van der Waals surface area contributed by atoms with E-state index in [1.165, 1.54) is 54.3 Å². The van der Waals surface area contributed by atoms with E-state index < -0.39 is 25.9 Å². The summed E-state index contributed by atoms with van der Waals surface area (Å²) < 4.78 is 68.1. The quantitative estimate of drug-likeness (QED) is 0.505. The maximum Gasteiger partial charge on any atom is 0.243 e. The molecule has 0 amide bonds. The number of halogens is 1. The molecule has 2 aromatic carbocycles. The Labute approximate surface area is 190 Å². The third-order valence-electron chi connectivity index (χ3n) is 5.61. The molecule has 0 fully saturated rings. The second-order valence-corrected chi connectivity index (χ2v) is 12.1. The summed E-state index contributed by atoms with van der Waals surface area (Å²) >= 11 is 0. The Balaban J connectivity index is 1.91. The minimum atomic E-state index is -3.97. The van der Waals surface area contributed by atoms with Gasteiger partial charge < -0.3 is 0 Å². The van der Waals surface area contributed by atoms with Crippen LogP contribution >= 0.6 is 0 Å². The van der Waals surface area contributed by atoms with Crippen molar-refractivity contribution in [2.75, 3.05) is 20.6 Å². The molecule has 6 nitrogen and oxygen atoms in total. The number of benzene rings is 2. The van der Waals surface area contributed by atoms with Gasteiger partial charge in [0.05, 0.1) is 9.79 Å². The van der Waals surface area contributed by atoms with Crippen LogP contribution in [0, 0.1) is 5.82 Å². The minimum Gasteiger partial charge on any atom is -0.207 e. The molecule has 0 aliphatic heterocycles. The van der Waals surface area contributed by atoms with E-state index in [0.29, 0.717) is 12.0 Å². The van der Waals surface area contributed by atoms with Gasteiger partial charge in [-0.1, -0.05) is 29.8 Å². The maximum absolute atomic E-state index is 14.3.